The molecule has 9 nitrogen and oxygen atoms in total. The molecule has 1 aromatic carbocycles. The summed E-state index contributed by atoms with van der Waals surface area (Å²) in [4.78, 5) is 23.5. The maximum atomic E-state index is 13.2. The molecule has 1 fully saturated rings. The molecule has 4 heterocycles. The number of urea groups is 1. The van der Waals surface area contributed by atoms with Crippen molar-refractivity contribution in [3.63, 3.8) is 0 Å². The van der Waals surface area contributed by atoms with E-state index in [1.165, 1.54) is 11.9 Å². The van der Waals surface area contributed by atoms with E-state index in [0.717, 1.165) is 17.7 Å². The van der Waals surface area contributed by atoms with Crippen LogP contribution in [0.3, 0.4) is 0 Å². The van der Waals surface area contributed by atoms with Crippen LogP contribution in [0, 0.1) is 0 Å². The smallest absolute Gasteiger partial charge is 0.318 e. The highest BCUT2D eigenvalue weighted by Crippen LogP contribution is 2.44. The number of H-pyrrole nitrogens is 1. The molecule has 0 spiro atoms. The van der Waals surface area contributed by atoms with Gasteiger partial charge in [-0.3, -0.25) is 5.10 Å². The van der Waals surface area contributed by atoms with Crippen LogP contribution in [0.15, 0.2) is 53.4 Å². The lowest BCUT2D eigenvalue weighted by Crippen LogP contribution is -2.47. The Kier molecular flexibility index (Phi) is 4.01. The number of benzene rings is 1. The van der Waals surface area contributed by atoms with Gasteiger partial charge in [0.25, 0.3) is 0 Å². The predicted octanol–water partition coefficient (Wildman–Crippen LogP) is 4.01. The number of anilines is 2. The summed E-state index contributed by atoms with van der Waals surface area (Å²) in [6.45, 7) is 4.50. The van der Waals surface area contributed by atoms with Gasteiger partial charge in [0.15, 0.2) is 17.2 Å². The first-order chi connectivity index (χ1) is 15.5. The van der Waals surface area contributed by atoms with E-state index in [9.17, 15) is 4.79 Å². The van der Waals surface area contributed by atoms with E-state index in [2.05, 4.69) is 42.9 Å². The van der Waals surface area contributed by atoms with Crippen molar-refractivity contribution in [2.45, 2.75) is 44.3 Å². The zero-order valence-corrected chi connectivity index (χ0v) is 17.8. The Labute approximate surface area is 184 Å². The van der Waals surface area contributed by atoms with Crippen molar-refractivity contribution in [3.05, 3.63) is 65.8 Å². The summed E-state index contributed by atoms with van der Waals surface area (Å²) in [5.74, 6) is 1.56. The van der Waals surface area contributed by atoms with Gasteiger partial charge in [-0.1, -0.05) is 30.3 Å². The van der Waals surface area contributed by atoms with Crippen molar-refractivity contribution >= 4 is 28.8 Å². The highest BCUT2D eigenvalue weighted by Gasteiger charge is 2.46. The van der Waals surface area contributed by atoms with Crippen LogP contribution in [-0.2, 0) is 12.1 Å². The van der Waals surface area contributed by atoms with Crippen molar-refractivity contribution < 1.29 is 9.21 Å². The minimum Gasteiger partial charge on any atom is -0.459 e. The van der Waals surface area contributed by atoms with Gasteiger partial charge < -0.3 is 20.0 Å². The molecule has 0 unspecified atom stereocenters. The van der Waals surface area contributed by atoms with E-state index in [0.29, 0.717) is 35.2 Å². The lowest BCUT2D eigenvalue weighted by Gasteiger charge is -2.32. The summed E-state index contributed by atoms with van der Waals surface area (Å²) < 4.78 is 5.51. The first-order valence-electron chi connectivity index (χ1n) is 10.7. The van der Waals surface area contributed by atoms with Crippen LogP contribution >= 0.6 is 0 Å². The second kappa shape index (κ2) is 6.81. The minimum absolute atomic E-state index is 0.0653. The second-order valence-corrected chi connectivity index (χ2v) is 8.86. The van der Waals surface area contributed by atoms with Gasteiger partial charge in [-0.25, -0.2) is 14.8 Å². The summed E-state index contributed by atoms with van der Waals surface area (Å²) in [5.41, 5.74) is 3.89. The normalized spacial score (nSPS) is 20.9. The molecular weight excluding hydrogens is 406 g/mol. The number of nitrogens with one attached hydrogen (secondary N) is 3. The van der Waals surface area contributed by atoms with Gasteiger partial charge in [0.05, 0.1) is 24.0 Å². The number of fused-ring (bicyclic) bond motifs is 2. The molecule has 9 heteroatoms. The Morgan fingerprint density at radius 3 is 2.88 bits per heavy atom. The third-order valence-corrected chi connectivity index (χ3v) is 6.52. The molecular formula is C23H23N7O2. The third kappa shape index (κ3) is 2.92. The molecule has 2 atom stereocenters. The standard InChI is InChI=1S/C23H23N7O2/c1-23(2)19-15(20(29-28-19)27-21-18-16(8-9-32-18)24-12-25-21)11-30(23)22(31)26-17-10-14(17)13-6-4-3-5-7-13/h3-9,12,14,17H,10-11H2,1-2H3,(H,26,31)(H2,24,25,27,28,29)/t14-,17+/m0/s1. The predicted molar refractivity (Wildman–Crippen MR) is 118 cm³/mol. The van der Waals surface area contributed by atoms with Crippen LogP contribution in [0.25, 0.3) is 11.1 Å². The van der Waals surface area contributed by atoms with Crippen molar-refractivity contribution in [1.82, 2.24) is 30.4 Å². The number of carbonyl (C=O) groups excluding carboxylic acids is 1. The summed E-state index contributed by atoms with van der Waals surface area (Å²) in [5, 5.41) is 14.0. The molecule has 0 radical (unpaired) electrons. The fraction of sp³-hybridized carbons (Fsp3) is 0.304. The number of amides is 2. The number of carbonyl (C=O) groups is 1. The Hall–Kier alpha value is -3.88. The van der Waals surface area contributed by atoms with Gasteiger partial charge in [-0.05, 0) is 25.8 Å². The van der Waals surface area contributed by atoms with Crippen LogP contribution < -0.4 is 10.6 Å². The Balaban J connectivity index is 1.20. The molecule has 1 saturated carbocycles. The highest BCUT2D eigenvalue weighted by atomic mass is 16.3. The fourth-order valence-electron chi connectivity index (χ4n) is 4.59. The van der Waals surface area contributed by atoms with E-state index in [1.807, 2.05) is 36.9 Å². The average molecular weight is 429 g/mol. The molecule has 6 rings (SSSR count). The molecule has 3 N–H and O–H groups in total. The number of aromatic nitrogens is 4. The summed E-state index contributed by atoms with van der Waals surface area (Å²) in [6, 6.07) is 12.2. The molecule has 2 amide bonds. The number of aromatic amines is 1. The molecule has 0 saturated heterocycles. The van der Waals surface area contributed by atoms with Gasteiger partial charge in [0.2, 0.25) is 0 Å². The van der Waals surface area contributed by atoms with Gasteiger partial charge in [0, 0.05) is 23.6 Å². The maximum Gasteiger partial charge on any atom is 0.318 e. The topological polar surface area (TPSA) is 112 Å². The molecule has 4 aromatic rings. The van der Waals surface area contributed by atoms with Gasteiger partial charge >= 0.3 is 6.03 Å². The fourth-order valence-corrected chi connectivity index (χ4v) is 4.59. The zero-order valence-electron chi connectivity index (χ0n) is 17.8. The largest absolute Gasteiger partial charge is 0.459 e. The van der Waals surface area contributed by atoms with E-state index in [4.69, 9.17) is 4.42 Å². The number of rotatable bonds is 4. The van der Waals surface area contributed by atoms with Gasteiger partial charge in [0.1, 0.15) is 11.8 Å². The molecule has 1 aliphatic heterocycles. The number of hydrogen-bond donors (Lipinski definition) is 3. The zero-order chi connectivity index (χ0) is 21.9. The minimum atomic E-state index is -0.519. The second-order valence-electron chi connectivity index (χ2n) is 8.86. The number of nitrogens with zero attached hydrogens (tertiary/aromatic N) is 4. The Morgan fingerprint density at radius 1 is 1.19 bits per heavy atom. The van der Waals surface area contributed by atoms with Crippen molar-refractivity contribution in [3.8, 4) is 0 Å². The summed E-state index contributed by atoms with van der Waals surface area (Å²) in [6.07, 6.45) is 4.03. The van der Waals surface area contributed by atoms with E-state index < -0.39 is 5.54 Å². The van der Waals surface area contributed by atoms with E-state index >= 15 is 0 Å². The molecule has 162 valence electrons. The lowest BCUT2D eigenvalue weighted by atomic mass is 10.0. The molecule has 0 bridgehead atoms. The Morgan fingerprint density at radius 2 is 2.03 bits per heavy atom. The molecule has 3 aromatic heterocycles. The van der Waals surface area contributed by atoms with Crippen molar-refractivity contribution in [2.75, 3.05) is 5.32 Å². The van der Waals surface area contributed by atoms with Crippen LogP contribution in [0.5, 0.6) is 0 Å². The summed E-state index contributed by atoms with van der Waals surface area (Å²) >= 11 is 0. The van der Waals surface area contributed by atoms with Gasteiger partial charge in [-0.15, -0.1) is 0 Å². The Bertz CT molecular complexity index is 1310. The molecule has 1 aliphatic carbocycles. The average Bonchev–Trinajstić information content (AvgIpc) is 3.11. The molecule has 2 aliphatic rings. The van der Waals surface area contributed by atoms with Crippen LogP contribution in [0.4, 0.5) is 16.4 Å². The third-order valence-electron chi connectivity index (χ3n) is 6.52. The highest BCUT2D eigenvalue weighted by molar-refractivity contribution is 5.85. The van der Waals surface area contributed by atoms with Crippen LogP contribution in [0.1, 0.15) is 43.0 Å². The van der Waals surface area contributed by atoms with Crippen molar-refractivity contribution in [1.29, 1.82) is 0 Å². The van der Waals surface area contributed by atoms with Crippen molar-refractivity contribution in [2.24, 2.45) is 0 Å². The SMILES string of the molecule is CC1(C)c2[nH]nc(Nc3ncnc4ccoc34)c2CN1C(=O)N[C@@H]1C[C@H]1c1ccccc1. The summed E-state index contributed by atoms with van der Waals surface area (Å²) in [7, 11) is 0. The first-order valence-corrected chi connectivity index (χ1v) is 10.7. The van der Waals surface area contributed by atoms with Gasteiger partial charge in [-0.2, -0.15) is 5.10 Å². The quantitative estimate of drug-likeness (QED) is 0.452. The monoisotopic (exact) mass is 429 g/mol. The number of furan rings is 1. The van der Waals surface area contributed by atoms with Crippen LogP contribution in [-0.4, -0.2) is 37.1 Å². The maximum absolute atomic E-state index is 13.2. The van der Waals surface area contributed by atoms with Crippen LogP contribution in [0.2, 0.25) is 0 Å². The van der Waals surface area contributed by atoms with E-state index in [1.54, 1.807) is 12.3 Å². The molecule has 32 heavy (non-hydrogen) atoms. The lowest BCUT2D eigenvalue weighted by molar-refractivity contribution is 0.142. The van der Waals surface area contributed by atoms with E-state index in [-0.39, 0.29) is 12.1 Å². The first kappa shape index (κ1) is 18.9. The number of hydrogen-bond acceptors (Lipinski definition) is 6.